The van der Waals surface area contributed by atoms with E-state index in [-0.39, 0.29) is 9.77 Å². The number of aliphatic carboxylic acids is 1. The van der Waals surface area contributed by atoms with Gasteiger partial charge in [-0.25, -0.2) is 17.5 Å². The van der Waals surface area contributed by atoms with E-state index in [2.05, 4.69) is 5.32 Å². The second kappa shape index (κ2) is 6.10. The first-order valence-electron chi connectivity index (χ1n) is 5.74. The van der Waals surface area contributed by atoms with Crippen molar-refractivity contribution in [2.24, 2.45) is 0 Å². The molecule has 21 heavy (non-hydrogen) atoms. The minimum atomic E-state index is -3.78. The molecule has 8 nitrogen and oxygen atoms in total. The zero-order valence-corrected chi connectivity index (χ0v) is 13.3. The number of aliphatic hydroxyl groups is 1. The molecule has 1 amide bonds. The number of amides is 1. The summed E-state index contributed by atoms with van der Waals surface area (Å²) in [5.74, 6) is -2.25. The largest absolute Gasteiger partial charge is 0.479 e. The monoisotopic (exact) mass is 336 g/mol. The van der Waals surface area contributed by atoms with Crippen LogP contribution >= 0.6 is 11.3 Å². The van der Waals surface area contributed by atoms with Crippen molar-refractivity contribution in [3.63, 3.8) is 0 Å². The van der Waals surface area contributed by atoms with Crippen molar-refractivity contribution in [2.45, 2.75) is 17.4 Å². The average Bonchev–Trinajstić information content (AvgIpc) is 2.85. The summed E-state index contributed by atoms with van der Waals surface area (Å²) < 4.78 is 25.0. The molecule has 1 rings (SSSR count). The quantitative estimate of drug-likeness (QED) is 0.647. The van der Waals surface area contributed by atoms with Crippen LogP contribution in [0.4, 0.5) is 0 Å². The Morgan fingerprint density at radius 3 is 2.48 bits per heavy atom. The van der Waals surface area contributed by atoms with Crippen molar-refractivity contribution in [1.82, 2.24) is 9.62 Å². The maximum Gasteiger partial charge on any atom is 0.337 e. The second-order valence-corrected chi connectivity index (χ2v) is 7.70. The number of carbonyl (C=O) groups is 2. The number of rotatable bonds is 6. The molecule has 1 aromatic heterocycles. The summed E-state index contributed by atoms with van der Waals surface area (Å²) >= 11 is 0.914. The molecule has 0 aliphatic rings. The van der Waals surface area contributed by atoms with Gasteiger partial charge >= 0.3 is 5.97 Å². The van der Waals surface area contributed by atoms with Gasteiger partial charge in [-0.1, -0.05) is 0 Å². The second-order valence-electron chi connectivity index (χ2n) is 4.66. The van der Waals surface area contributed by atoms with Crippen LogP contribution in [0.2, 0.25) is 0 Å². The van der Waals surface area contributed by atoms with E-state index in [1.807, 2.05) is 0 Å². The van der Waals surface area contributed by atoms with Crippen molar-refractivity contribution in [3.05, 3.63) is 16.3 Å². The summed E-state index contributed by atoms with van der Waals surface area (Å²) in [6, 6.07) is 1.30. The lowest BCUT2D eigenvalue weighted by atomic mass is 10.1. The molecule has 118 valence electrons. The molecule has 1 aromatic rings. The number of carboxylic acid groups (broad SMARTS) is 1. The Labute approximate surface area is 126 Å². The van der Waals surface area contributed by atoms with Gasteiger partial charge in [-0.05, 0) is 18.4 Å². The van der Waals surface area contributed by atoms with Crippen LogP contribution in [0.1, 0.15) is 16.6 Å². The summed E-state index contributed by atoms with van der Waals surface area (Å²) in [5.41, 5.74) is -2.13. The highest BCUT2D eigenvalue weighted by Crippen LogP contribution is 2.24. The lowest BCUT2D eigenvalue weighted by Gasteiger charge is -2.18. The van der Waals surface area contributed by atoms with Crippen molar-refractivity contribution in [3.8, 4) is 0 Å². The van der Waals surface area contributed by atoms with E-state index in [9.17, 15) is 23.1 Å². The maximum absolute atomic E-state index is 12.0. The van der Waals surface area contributed by atoms with Gasteiger partial charge in [-0.3, -0.25) is 4.79 Å². The van der Waals surface area contributed by atoms with Gasteiger partial charge in [0, 0.05) is 14.1 Å². The Balaban J connectivity index is 2.97. The fourth-order valence-electron chi connectivity index (χ4n) is 1.27. The number of thiophene rings is 1. The Hall–Kier alpha value is -1.49. The number of carboxylic acids is 1. The lowest BCUT2D eigenvalue weighted by molar-refractivity contribution is -0.155. The number of carbonyl (C=O) groups excluding carboxylic acids is 1. The van der Waals surface area contributed by atoms with E-state index < -0.39 is 34.0 Å². The molecule has 0 radical (unpaired) electrons. The number of sulfonamides is 1. The standard InChI is InChI=1S/C11H16N2O6S2/c1-11(17,10(15)16)6-12-9(14)8-7(4-5-20-8)21(18,19)13(2)3/h4-5,17H,6H2,1-3H3,(H,12,14)(H,15,16). The molecule has 0 saturated heterocycles. The molecule has 1 unspecified atom stereocenters. The van der Waals surface area contributed by atoms with Gasteiger partial charge in [0.1, 0.15) is 9.77 Å². The Morgan fingerprint density at radius 1 is 1.43 bits per heavy atom. The van der Waals surface area contributed by atoms with E-state index in [4.69, 9.17) is 5.11 Å². The summed E-state index contributed by atoms with van der Waals surface area (Å²) in [7, 11) is -1.10. The molecule has 0 aliphatic carbocycles. The zero-order valence-electron chi connectivity index (χ0n) is 11.7. The van der Waals surface area contributed by atoms with Gasteiger partial charge in [-0.2, -0.15) is 0 Å². The topological polar surface area (TPSA) is 124 Å². The van der Waals surface area contributed by atoms with Crippen LogP contribution < -0.4 is 5.32 Å². The molecule has 0 aliphatic heterocycles. The molecule has 3 N–H and O–H groups in total. The smallest absolute Gasteiger partial charge is 0.337 e. The highest BCUT2D eigenvalue weighted by molar-refractivity contribution is 7.89. The van der Waals surface area contributed by atoms with Crippen LogP contribution in [-0.4, -0.2) is 61.1 Å². The molecule has 0 spiro atoms. The molecular formula is C11H16N2O6S2. The van der Waals surface area contributed by atoms with Crippen molar-refractivity contribution in [1.29, 1.82) is 0 Å². The fourth-order valence-corrected chi connectivity index (χ4v) is 3.48. The zero-order chi connectivity index (χ0) is 16.4. The van der Waals surface area contributed by atoms with E-state index >= 15 is 0 Å². The van der Waals surface area contributed by atoms with Gasteiger partial charge in [0.15, 0.2) is 5.60 Å². The molecule has 0 aromatic carbocycles. The lowest BCUT2D eigenvalue weighted by Crippen LogP contribution is -2.46. The number of hydrogen-bond donors (Lipinski definition) is 3. The Morgan fingerprint density at radius 2 is 2.00 bits per heavy atom. The first-order valence-corrected chi connectivity index (χ1v) is 8.06. The molecule has 0 fully saturated rings. The van der Waals surface area contributed by atoms with Gasteiger partial charge in [-0.15, -0.1) is 11.3 Å². The number of hydrogen-bond acceptors (Lipinski definition) is 6. The van der Waals surface area contributed by atoms with Gasteiger partial charge in [0.05, 0.1) is 6.54 Å². The summed E-state index contributed by atoms with van der Waals surface area (Å²) in [6.45, 7) is 0.488. The number of nitrogens with zero attached hydrogens (tertiary/aromatic N) is 1. The third kappa shape index (κ3) is 3.79. The van der Waals surface area contributed by atoms with Crippen LogP contribution in [0.25, 0.3) is 0 Å². The molecule has 10 heteroatoms. The Kier molecular flexibility index (Phi) is 5.10. The third-order valence-corrected chi connectivity index (χ3v) is 5.55. The van der Waals surface area contributed by atoms with E-state index in [1.54, 1.807) is 0 Å². The maximum atomic E-state index is 12.0. The van der Waals surface area contributed by atoms with E-state index in [1.165, 1.54) is 25.5 Å². The average molecular weight is 336 g/mol. The summed E-state index contributed by atoms with van der Waals surface area (Å²) in [5, 5.41) is 21.9. The normalized spacial score (nSPS) is 14.7. The summed E-state index contributed by atoms with van der Waals surface area (Å²) in [6.07, 6.45) is 0. The Bertz CT molecular complexity index is 647. The van der Waals surface area contributed by atoms with Gasteiger partial charge in [0.2, 0.25) is 10.0 Å². The highest BCUT2D eigenvalue weighted by atomic mass is 32.2. The van der Waals surface area contributed by atoms with Crippen molar-refractivity contribution < 1.29 is 28.2 Å². The van der Waals surface area contributed by atoms with Crippen molar-refractivity contribution in [2.75, 3.05) is 20.6 Å². The van der Waals surface area contributed by atoms with Crippen LogP contribution in [0.15, 0.2) is 16.3 Å². The van der Waals surface area contributed by atoms with Crippen LogP contribution in [0.3, 0.4) is 0 Å². The van der Waals surface area contributed by atoms with Crippen LogP contribution in [0.5, 0.6) is 0 Å². The fraction of sp³-hybridized carbons (Fsp3) is 0.455. The van der Waals surface area contributed by atoms with Crippen LogP contribution in [-0.2, 0) is 14.8 Å². The minimum Gasteiger partial charge on any atom is -0.479 e. The first-order chi connectivity index (χ1) is 9.50. The minimum absolute atomic E-state index is 0.0649. The van der Waals surface area contributed by atoms with E-state index in [0.29, 0.717) is 0 Å². The summed E-state index contributed by atoms with van der Waals surface area (Å²) in [4.78, 5) is 22.5. The predicted molar refractivity (Wildman–Crippen MR) is 75.8 cm³/mol. The first kappa shape index (κ1) is 17.6. The van der Waals surface area contributed by atoms with Gasteiger partial charge in [0.25, 0.3) is 5.91 Å². The van der Waals surface area contributed by atoms with Gasteiger partial charge < -0.3 is 15.5 Å². The third-order valence-electron chi connectivity index (χ3n) is 2.65. The molecular weight excluding hydrogens is 320 g/mol. The van der Waals surface area contributed by atoms with Crippen LogP contribution in [0, 0.1) is 0 Å². The molecule has 1 heterocycles. The molecule has 0 saturated carbocycles. The predicted octanol–water partition coefficient (Wildman–Crippen LogP) is -0.436. The van der Waals surface area contributed by atoms with E-state index in [0.717, 1.165) is 22.6 Å². The highest BCUT2D eigenvalue weighted by Gasteiger charge is 2.32. The number of nitrogens with one attached hydrogen (secondary N) is 1. The molecule has 0 bridgehead atoms. The SMILES string of the molecule is CN(C)S(=O)(=O)c1ccsc1C(=O)NCC(C)(O)C(=O)O. The van der Waals surface area contributed by atoms with Crippen molar-refractivity contribution >= 4 is 33.2 Å². The molecule has 1 atom stereocenters.